The Bertz CT molecular complexity index is 665. The van der Waals surface area contributed by atoms with Crippen molar-refractivity contribution < 1.29 is 13.9 Å². The number of oxazole rings is 1. The van der Waals surface area contributed by atoms with Crippen LogP contribution in [-0.2, 0) is 4.74 Å². The first-order valence-electron chi connectivity index (χ1n) is 6.57. The topological polar surface area (TPSA) is 52.3 Å². The maximum absolute atomic E-state index is 12.0. The summed E-state index contributed by atoms with van der Waals surface area (Å²) in [5.41, 5.74) is 1.08. The van der Waals surface area contributed by atoms with Crippen LogP contribution in [0.15, 0.2) is 22.6 Å². The number of hydrogen-bond donors (Lipinski definition) is 0. The van der Waals surface area contributed by atoms with E-state index in [0.29, 0.717) is 21.3 Å². The molecule has 21 heavy (non-hydrogen) atoms. The smallest absolute Gasteiger partial charge is 0.376 e. The van der Waals surface area contributed by atoms with Gasteiger partial charge in [0, 0.05) is 5.02 Å². The standard InChI is InChI=1S/C15H15Cl2NO3/c1-4-20-15(19)13-12(8(2)3)18-14(21-13)10-7-9(16)5-6-11(10)17/h5-8H,4H2,1-3H3. The molecule has 0 aliphatic carbocycles. The molecule has 4 nitrogen and oxygen atoms in total. The van der Waals surface area contributed by atoms with Gasteiger partial charge < -0.3 is 9.15 Å². The summed E-state index contributed by atoms with van der Waals surface area (Å²) in [5, 5.41) is 0.961. The van der Waals surface area contributed by atoms with Gasteiger partial charge >= 0.3 is 5.97 Å². The second-order valence-electron chi connectivity index (χ2n) is 4.73. The molecule has 0 aliphatic heterocycles. The summed E-state index contributed by atoms with van der Waals surface area (Å²) in [4.78, 5) is 16.3. The number of benzene rings is 1. The van der Waals surface area contributed by atoms with E-state index in [9.17, 15) is 4.79 Å². The molecule has 0 fully saturated rings. The lowest BCUT2D eigenvalue weighted by Gasteiger charge is -2.02. The number of nitrogens with zero attached hydrogens (tertiary/aromatic N) is 1. The van der Waals surface area contributed by atoms with E-state index >= 15 is 0 Å². The first kappa shape index (κ1) is 15.9. The number of carbonyl (C=O) groups is 1. The van der Waals surface area contributed by atoms with Crippen molar-refractivity contribution in [2.45, 2.75) is 26.7 Å². The van der Waals surface area contributed by atoms with Crippen LogP contribution in [0.4, 0.5) is 0 Å². The highest BCUT2D eigenvalue weighted by atomic mass is 35.5. The molecule has 0 spiro atoms. The van der Waals surface area contributed by atoms with Crippen molar-refractivity contribution in [1.82, 2.24) is 4.98 Å². The van der Waals surface area contributed by atoms with E-state index in [1.54, 1.807) is 25.1 Å². The predicted octanol–water partition coefficient (Wildman–Crippen LogP) is 4.95. The molecule has 6 heteroatoms. The molecule has 2 rings (SSSR count). The Morgan fingerprint density at radius 1 is 1.38 bits per heavy atom. The largest absolute Gasteiger partial charge is 0.460 e. The fraction of sp³-hybridized carbons (Fsp3) is 0.333. The average Bonchev–Trinajstić information content (AvgIpc) is 2.87. The summed E-state index contributed by atoms with van der Waals surface area (Å²) in [5.74, 6) is -0.148. The fourth-order valence-electron chi connectivity index (χ4n) is 1.84. The highest BCUT2D eigenvalue weighted by Crippen LogP contribution is 2.33. The summed E-state index contributed by atoms with van der Waals surface area (Å²) in [6.45, 7) is 5.84. The average molecular weight is 328 g/mol. The molecule has 0 aliphatic rings. The van der Waals surface area contributed by atoms with Gasteiger partial charge in [0.2, 0.25) is 11.7 Å². The molecule has 1 aromatic carbocycles. The minimum atomic E-state index is -0.530. The zero-order valence-corrected chi connectivity index (χ0v) is 13.5. The SMILES string of the molecule is CCOC(=O)c1oc(-c2cc(Cl)ccc2Cl)nc1C(C)C. The Morgan fingerprint density at radius 3 is 2.71 bits per heavy atom. The first-order chi connectivity index (χ1) is 9.93. The maximum atomic E-state index is 12.0. The van der Waals surface area contributed by atoms with E-state index in [4.69, 9.17) is 32.4 Å². The van der Waals surface area contributed by atoms with E-state index in [1.807, 2.05) is 13.8 Å². The molecule has 0 radical (unpaired) electrons. The van der Waals surface area contributed by atoms with Crippen molar-refractivity contribution in [2.75, 3.05) is 6.61 Å². The lowest BCUT2D eigenvalue weighted by molar-refractivity contribution is 0.0488. The second kappa shape index (κ2) is 6.50. The highest BCUT2D eigenvalue weighted by molar-refractivity contribution is 6.35. The van der Waals surface area contributed by atoms with Crippen molar-refractivity contribution >= 4 is 29.2 Å². The Hall–Kier alpha value is -1.52. The summed E-state index contributed by atoms with van der Waals surface area (Å²) in [6, 6.07) is 4.98. The summed E-state index contributed by atoms with van der Waals surface area (Å²) in [6.07, 6.45) is 0. The van der Waals surface area contributed by atoms with Gasteiger partial charge in [-0.05, 0) is 31.0 Å². The van der Waals surface area contributed by atoms with Gasteiger partial charge in [0.25, 0.3) is 0 Å². The fourth-order valence-corrected chi connectivity index (χ4v) is 2.21. The molecule has 0 saturated carbocycles. The quantitative estimate of drug-likeness (QED) is 0.745. The first-order valence-corrected chi connectivity index (χ1v) is 7.32. The molecule has 2 aromatic rings. The van der Waals surface area contributed by atoms with Crippen molar-refractivity contribution in [3.63, 3.8) is 0 Å². The van der Waals surface area contributed by atoms with Crippen molar-refractivity contribution in [1.29, 1.82) is 0 Å². The molecular formula is C15H15Cl2NO3. The predicted molar refractivity (Wildman–Crippen MR) is 82.0 cm³/mol. The second-order valence-corrected chi connectivity index (χ2v) is 5.58. The van der Waals surface area contributed by atoms with E-state index in [1.165, 1.54) is 0 Å². The number of hydrogen-bond acceptors (Lipinski definition) is 4. The van der Waals surface area contributed by atoms with Gasteiger partial charge in [-0.1, -0.05) is 37.0 Å². The number of esters is 1. The van der Waals surface area contributed by atoms with Crippen molar-refractivity contribution in [3.8, 4) is 11.5 Å². The van der Waals surface area contributed by atoms with Gasteiger partial charge in [-0.2, -0.15) is 0 Å². The molecular weight excluding hydrogens is 313 g/mol. The van der Waals surface area contributed by atoms with E-state index in [-0.39, 0.29) is 24.2 Å². The van der Waals surface area contributed by atoms with E-state index < -0.39 is 5.97 Å². The van der Waals surface area contributed by atoms with Crippen LogP contribution in [0, 0.1) is 0 Å². The van der Waals surface area contributed by atoms with Crippen LogP contribution in [0.3, 0.4) is 0 Å². The number of ether oxygens (including phenoxy) is 1. The molecule has 0 atom stereocenters. The summed E-state index contributed by atoms with van der Waals surface area (Å²) in [7, 11) is 0. The summed E-state index contributed by atoms with van der Waals surface area (Å²) < 4.78 is 10.6. The van der Waals surface area contributed by atoms with Crippen LogP contribution in [0.1, 0.15) is 42.9 Å². The van der Waals surface area contributed by atoms with Crippen LogP contribution in [-0.4, -0.2) is 17.6 Å². The zero-order valence-electron chi connectivity index (χ0n) is 11.9. The van der Waals surface area contributed by atoms with Gasteiger partial charge in [0.15, 0.2) is 0 Å². The number of aromatic nitrogens is 1. The lowest BCUT2D eigenvalue weighted by Crippen LogP contribution is -2.07. The monoisotopic (exact) mass is 327 g/mol. The molecule has 0 bridgehead atoms. The minimum Gasteiger partial charge on any atom is -0.460 e. The minimum absolute atomic E-state index is 0.0138. The third-order valence-corrected chi connectivity index (χ3v) is 3.38. The normalized spacial score (nSPS) is 11.0. The van der Waals surface area contributed by atoms with E-state index in [0.717, 1.165) is 0 Å². The Balaban J connectivity index is 2.53. The van der Waals surface area contributed by atoms with Crippen LogP contribution < -0.4 is 0 Å². The lowest BCUT2D eigenvalue weighted by atomic mass is 10.1. The molecule has 1 aromatic heterocycles. The number of rotatable bonds is 4. The number of carbonyl (C=O) groups excluding carboxylic acids is 1. The molecule has 0 unspecified atom stereocenters. The molecule has 1 heterocycles. The van der Waals surface area contributed by atoms with Crippen LogP contribution in [0.2, 0.25) is 10.0 Å². The Labute approximate surface area is 133 Å². The molecule has 0 amide bonds. The molecule has 0 saturated heterocycles. The Morgan fingerprint density at radius 2 is 2.10 bits per heavy atom. The molecule has 0 N–H and O–H groups in total. The third-order valence-electron chi connectivity index (χ3n) is 2.82. The highest BCUT2D eigenvalue weighted by Gasteiger charge is 2.25. The van der Waals surface area contributed by atoms with E-state index in [2.05, 4.69) is 4.98 Å². The van der Waals surface area contributed by atoms with Gasteiger partial charge in [-0.25, -0.2) is 9.78 Å². The van der Waals surface area contributed by atoms with Crippen LogP contribution in [0.5, 0.6) is 0 Å². The van der Waals surface area contributed by atoms with Crippen LogP contribution in [0.25, 0.3) is 11.5 Å². The Kier molecular flexibility index (Phi) is 4.91. The third kappa shape index (κ3) is 3.39. The van der Waals surface area contributed by atoms with Crippen molar-refractivity contribution in [3.05, 3.63) is 39.7 Å². The van der Waals surface area contributed by atoms with Gasteiger partial charge in [0.05, 0.1) is 22.9 Å². The van der Waals surface area contributed by atoms with Crippen LogP contribution >= 0.6 is 23.2 Å². The molecule has 112 valence electrons. The van der Waals surface area contributed by atoms with Gasteiger partial charge in [-0.3, -0.25) is 0 Å². The maximum Gasteiger partial charge on any atom is 0.376 e. The van der Waals surface area contributed by atoms with Crippen molar-refractivity contribution in [2.24, 2.45) is 0 Å². The number of halogens is 2. The summed E-state index contributed by atoms with van der Waals surface area (Å²) >= 11 is 12.1. The zero-order chi connectivity index (χ0) is 15.6. The van der Waals surface area contributed by atoms with Gasteiger partial charge in [-0.15, -0.1) is 0 Å². The van der Waals surface area contributed by atoms with Gasteiger partial charge in [0.1, 0.15) is 0 Å².